The standard InChI is InChI=1S/C20H23NO3S/c1-4-14(2)15-9-5-7-11-17(15)21-19(22)13-24-20(23)16-10-6-8-12-18(16)25-3/h5-12,14H,4,13H2,1-3H3,(H,21,22)/t14-/m1/s1. The van der Waals surface area contributed by atoms with Gasteiger partial charge in [0.25, 0.3) is 5.91 Å². The first-order valence-corrected chi connectivity index (χ1v) is 9.48. The minimum atomic E-state index is -0.490. The van der Waals surface area contributed by atoms with Crippen molar-refractivity contribution >= 4 is 29.3 Å². The van der Waals surface area contributed by atoms with Crippen LogP contribution in [0.5, 0.6) is 0 Å². The topological polar surface area (TPSA) is 55.4 Å². The van der Waals surface area contributed by atoms with E-state index in [4.69, 9.17) is 4.74 Å². The maximum atomic E-state index is 12.2. The van der Waals surface area contributed by atoms with Crippen LogP contribution in [0.15, 0.2) is 53.4 Å². The summed E-state index contributed by atoms with van der Waals surface area (Å²) in [6, 6.07) is 14.9. The first kappa shape index (κ1) is 19.1. The number of thioether (sulfide) groups is 1. The number of esters is 1. The van der Waals surface area contributed by atoms with Gasteiger partial charge in [-0.25, -0.2) is 4.79 Å². The lowest BCUT2D eigenvalue weighted by atomic mass is 9.97. The van der Waals surface area contributed by atoms with Crippen molar-refractivity contribution in [3.05, 3.63) is 59.7 Å². The SMILES string of the molecule is CC[C@@H](C)c1ccccc1NC(=O)COC(=O)c1ccccc1SC. The van der Waals surface area contributed by atoms with Gasteiger partial charge in [0.1, 0.15) is 0 Å². The minimum absolute atomic E-state index is 0.309. The number of carbonyl (C=O) groups excluding carboxylic acids is 2. The maximum absolute atomic E-state index is 12.2. The summed E-state index contributed by atoms with van der Waals surface area (Å²) in [5.74, 6) is -0.492. The predicted octanol–water partition coefficient (Wildman–Crippen LogP) is 4.72. The summed E-state index contributed by atoms with van der Waals surface area (Å²) in [6.07, 6.45) is 2.87. The molecule has 5 heteroatoms. The molecule has 0 spiro atoms. The van der Waals surface area contributed by atoms with Gasteiger partial charge in [-0.15, -0.1) is 11.8 Å². The van der Waals surface area contributed by atoms with Gasteiger partial charge in [-0.2, -0.15) is 0 Å². The average Bonchev–Trinajstić information content (AvgIpc) is 2.65. The Labute approximate surface area is 153 Å². The van der Waals surface area contributed by atoms with E-state index in [0.717, 1.165) is 22.6 Å². The highest BCUT2D eigenvalue weighted by molar-refractivity contribution is 7.98. The lowest BCUT2D eigenvalue weighted by Crippen LogP contribution is -2.22. The number of hydrogen-bond donors (Lipinski definition) is 1. The normalized spacial score (nSPS) is 11.6. The number of rotatable bonds is 7. The predicted molar refractivity (Wildman–Crippen MR) is 102 cm³/mol. The van der Waals surface area contributed by atoms with Gasteiger partial charge in [0.2, 0.25) is 0 Å². The molecule has 0 heterocycles. The van der Waals surface area contributed by atoms with Gasteiger partial charge in [0.05, 0.1) is 5.56 Å². The van der Waals surface area contributed by atoms with Gasteiger partial charge in [0.15, 0.2) is 6.61 Å². The number of carbonyl (C=O) groups is 2. The largest absolute Gasteiger partial charge is 0.452 e. The van der Waals surface area contributed by atoms with E-state index in [9.17, 15) is 9.59 Å². The van der Waals surface area contributed by atoms with E-state index in [1.165, 1.54) is 11.8 Å². The Bertz CT molecular complexity index is 745. The molecule has 0 fully saturated rings. The first-order valence-electron chi connectivity index (χ1n) is 8.25. The van der Waals surface area contributed by atoms with Gasteiger partial charge >= 0.3 is 5.97 Å². The summed E-state index contributed by atoms with van der Waals surface area (Å²) >= 11 is 1.47. The van der Waals surface area contributed by atoms with Crippen LogP contribution < -0.4 is 5.32 Å². The van der Waals surface area contributed by atoms with E-state index in [0.29, 0.717) is 11.5 Å². The molecular weight excluding hydrogens is 334 g/mol. The van der Waals surface area contributed by atoms with Crippen molar-refractivity contribution in [2.24, 2.45) is 0 Å². The van der Waals surface area contributed by atoms with Crippen LogP contribution in [0.2, 0.25) is 0 Å². The zero-order valence-electron chi connectivity index (χ0n) is 14.7. The molecule has 0 aliphatic rings. The molecular formula is C20H23NO3S. The third-order valence-corrected chi connectivity index (χ3v) is 4.84. The van der Waals surface area contributed by atoms with Gasteiger partial charge in [-0.05, 0) is 42.4 Å². The monoisotopic (exact) mass is 357 g/mol. The second-order valence-electron chi connectivity index (χ2n) is 5.72. The van der Waals surface area contributed by atoms with Gasteiger partial charge in [-0.1, -0.05) is 44.2 Å². The van der Waals surface area contributed by atoms with E-state index >= 15 is 0 Å². The molecule has 2 aromatic rings. The molecule has 1 N–H and O–H groups in total. The summed E-state index contributed by atoms with van der Waals surface area (Å²) < 4.78 is 5.17. The van der Waals surface area contributed by atoms with E-state index in [1.54, 1.807) is 12.1 Å². The van der Waals surface area contributed by atoms with Crippen LogP contribution in [0, 0.1) is 0 Å². The Morgan fingerprint density at radius 2 is 1.80 bits per heavy atom. The fourth-order valence-electron chi connectivity index (χ4n) is 2.47. The molecule has 2 rings (SSSR count). The van der Waals surface area contributed by atoms with Crippen molar-refractivity contribution in [2.75, 3.05) is 18.2 Å². The molecule has 1 amide bonds. The average molecular weight is 357 g/mol. The number of nitrogens with one attached hydrogen (secondary N) is 1. The smallest absolute Gasteiger partial charge is 0.339 e. The lowest BCUT2D eigenvalue weighted by Gasteiger charge is -2.15. The van der Waals surface area contributed by atoms with Gasteiger partial charge < -0.3 is 10.1 Å². The zero-order valence-corrected chi connectivity index (χ0v) is 15.6. The molecule has 0 radical (unpaired) electrons. The molecule has 0 saturated heterocycles. The Balaban J connectivity index is 1.99. The van der Waals surface area contributed by atoms with Crippen LogP contribution in [0.4, 0.5) is 5.69 Å². The van der Waals surface area contributed by atoms with Crippen molar-refractivity contribution in [2.45, 2.75) is 31.1 Å². The highest BCUT2D eigenvalue weighted by atomic mass is 32.2. The molecule has 0 aromatic heterocycles. The quantitative estimate of drug-likeness (QED) is 0.575. The summed E-state index contributed by atoms with van der Waals surface area (Å²) in [7, 11) is 0. The Morgan fingerprint density at radius 3 is 2.52 bits per heavy atom. The molecule has 0 bridgehead atoms. The van der Waals surface area contributed by atoms with Crippen LogP contribution in [0.3, 0.4) is 0 Å². The summed E-state index contributed by atoms with van der Waals surface area (Å²) in [4.78, 5) is 25.2. The molecule has 0 saturated carbocycles. The second kappa shape index (κ2) is 9.28. The highest BCUT2D eigenvalue weighted by Gasteiger charge is 2.15. The third-order valence-electron chi connectivity index (χ3n) is 4.04. The fraction of sp³-hybridized carbons (Fsp3) is 0.300. The maximum Gasteiger partial charge on any atom is 0.339 e. The number of para-hydroxylation sites is 1. The van der Waals surface area contributed by atoms with Crippen molar-refractivity contribution in [3.8, 4) is 0 Å². The van der Waals surface area contributed by atoms with E-state index in [-0.39, 0.29) is 12.5 Å². The molecule has 0 aliphatic carbocycles. The van der Waals surface area contributed by atoms with Crippen LogP contribution in [-0.4, -0.2) is 24.7 Å². The van der Waals surface area contributed by atoms with E-state index in [1.807, 2.05) is 42.7 Å². The zero-order chi connectivity index (χ0) is 18.2. The fourth-order valence-corrected chi connectivity index (χ4v) is 3.05. The number of ether oxygens (including phenoxy) is 1. The first-order chi connectivity index (χ1) is 12.1. The highest BCUT2D eigenvalue weighted by Crippen LogP contribution is 2.26. The van der Waals surface area contributed by atoms with Crippen LogP contribution in [-0.2, 0) is 9.53 Å². The van der Waals surface area contributed by atoms with Crippen molar-refractivity contribution in [1.82, 2.24) is 0 Å². The van der Waals surface area contributed by atoms with E-state index < -0.39 is 5.97 Å². The number of anilines is 1. The van der Waals surface area contributed by atoms with Crippen molar-refractivity contribution < 1.29 is 14.3 Å². The number of amides is 1. The Hall–Kier alpha value is -2.27. The van der Waals surface area contributed by atoms with Crippen LogP contribution >= 0.6 is 11.8 Å². The van der Waals surface area contributed by atoms with Gasteiger partial charge in [-0.3, -0.25) is 4.79 Å². The molecule has 1 atom stereocenters. The summed E-state index contributed by atoms with van der Waals surface area (Å²) in [5.41, 5.74) is 2.32. The summed E-state index contributed by atoms with van der Waals surface area (Å²) in [6.45, 7) is 3.91. The van der Waals surface area contributed by atoms with Crippen molar-refractivity contribution in [3.63, 3.8) is 0 Å². The molecule has 132 valence electrons. The molecule has 25 heavy (non-hydrogen) atoms. The van der Waals surface area contributed by atoms with Crippen LogP contribution in [0.1, 0.15) is 42.1 Å². The molecule has 0 unspecified atom stereocenters. The molecule has 4 nitrogen and oxygen atoms in total. The van der Waals surface area contributed by atoms with Gasteiger partial charge in [0, 0.05) is 10.6 Å². The van der Waals surface area contributed by atoms with Crippen molar-refractivity contribution in [1.29, 1.82) is 0 Å². The third kappa shape index (κ3) is 5.10. The second-order valence-corrected chi connectivity index (χ2v) is 6.57. The van der Waals surface area contributed by atoms with Crippen LogP contribution in [0.25, 0.3) is 0 Å². The summed E-state index contributed by atoms with van der Waals surface area (Å²) in [5, 5.41) is 2.84. The number of hydrogen-bond acceptors (Lipinski definition) is 4. The van der Waals surface area contributed by atoms with E-state index in [2.05, 4.69) is 19.2 Å². The Kier molecular flexibility index (Phi) is 7.07. The lowest BCUT2D eigenvalue weighted by molar-refractivity contribution is -0.119. The minimum Gasteiger partial charge on any atom is -0.452 e. The molecule has 2 aromatic carbocycles. The Morgan fingerprint density at radius 1 is 1.12 bits per heavy atom. The number of benzene rings is 2. The molecule has 0 aliphatic heterocycles.